The SMILES string of the molecule is Clc1cccc(Cl)c1-c1cnc(CNCc2cccs2)s1. The van der Waals surface area contributed by atoms with Gasteiger partial charge in [0.05, 0.1) is 14.9 Å². The molecule has 1 N–H and O–H groups in total. The maximum Gasteiger partial charge on any atom is 0.107 e. The molecular weight excluding hydrogens is 343 g/mol. The van der Waals surface area contributed by atoms with E-state index in [9.17, 15) is 0 Å². The number of thiazole rings is 1. The second-order valence-electron chi connectivity index (χ2n) is 4.40. The third kappa shape index (κ3) is 3.65. The zero-order valence-corrected chi connectivity index (χ0v) is 14.1. The van der Waals surface area contributed by atoms with E-state index in [0.29, 0.717) is 10.0 Å². The average molecular weight is 355 g/mol. The number of nitrogens with zero attached hydrogens (tertiary/aromatic N) is 1. The number of nitrogens with one attached hydrogen (secondary N) is 1. The van der Waals surface area contributed by atoms with Gasteiger partial charge in [0.2, 0.25) is 0 Å². The van der Waals surface area contributed by atoms with Crippen molar-refractivity contribution in [3.8, 4) is 10.4 Å². The van der Waals surface area contributed by atoms with Gasteiger partial charge >= 0.3 is 0 Å². The summed E-state index contributed by atoms with van der Waals surface area (Å²) in [4.78, 5) is 6.75. The van der Waals surface area contributed by atoms with Crippen LogP contribution in [-0.4, -0.2) is 4.98 Å². The molecule has 0 aliphatic rings. The number of thiophene rings is 1. The van der Waals surface area contributed by atoms with Gasteiger partial charge in [-0.2, -0.15) is 0 Å². The van der Waals surface area contributed by atoms with E-state index < -0.39 is 0 Å². The molecule has 21 heavy (non-hydrogen) atoms. The largest absolute Gasteiger partial charge is 0.306 e. The Hall–Kier alpha value is -0.910. The fourth-order valence-electron chi connectivity index (χ4n) is 1.95. The lowest BCUT2D eigenvalue weighted by atomic mass is 10.2. The van der Waals surface area contributed by atoms with E-state index in [1.807, 2.05) is 24.4 Å². The first kappa shape index (κ1) is 15.0. The third-order valence-corrected chi connectivity index (χ3v) is 5.44. The van der Waals surface area contributed by atoms with Crippen molar-refractivity contribution in [2.45, 2.75) is 13.1 Å². The molecule has 0 spiro atoms. The van der Waals surface area contributed by atoms with E-state index in [0.717, 1.165) is 28.5 Å². The number of rotatable bonds is 5. The molecule has 0 atom stereocenters. The highest BCUT2D eigenvalue weighted by Crippen LogP contribution is 2.37. The van der Waals surface area contributed by atoms with Crippen LogP contribution in [0.15, 0.2) is 41.9 Å². The minimum atomic E-state index is 0.657. The molecule has 0 unspecified atom stereocenters. The van der Waals surface area contributed by atoms with Gasteiger partial charge in [-0.25, -0.2) is 4.98 Å². The first-order chi connectivity index (χ1) is 10.2. The summed E-state index contributed by atoms with van der Waals surface area (Å²) in [6, 6.07) is 9.71. The van der Waals surface area contributed by atoms with Crippen LogP contribution >= 0.6 is 45.9 Å². The minimum absolute atomic E-state index is 0.657. The molecule has 0 aliphatic heterocycles. The summed E-state index contributed by atoms with van der Waals surface area (Å²) in [6.07, 6.45) is 1.83. The van der Waals surface area contributed by atoms with Crippen molar-refractivity contribution in [1.29, 1.82) is 0 Å². The molecule has 0 radical (unpaired) electrons. The van der Waals surface area contributed by atoms with Crippen LogP contribution in [0.25, 0.3) is 10.4 Å². The van der Waals surface area contributed by atoms with Crippen molar-refractivity contribution in [3.63, 3.8) is 0 Å². The van der Waals surface area contributed by atoms with Gasteiger partial charge in [-0.3, -0.25) is 0 Å². The Morgan fingerprint density at radius 2 is 1.86 bits per heavy atom. The monoisotopic (exact) mass is 354 g/mol. The van der Waals surface area contributed by atoms with Crippen LogP contribution in [0, 0.1) is 0 Å². The van der Waals surface area contributed by atoms with Crippen LogP contribution in [-0.2, 0) is 13.1 Å². The minimum Gasteiger partial charge on any atom is -0.306 e. The second-order valence-corrected chi connectivity index (χ2v) is 7.36. The standard InChI is InChI=1S/C15H12Cl2N2S2/c16-11-4-1-5-12(17)15(11)13-8-19-14(21-13)9-18-7-10-3-2-6-20-10/h1-6,8,18H,7,9H2. The number of aromatic nitrogens is 1. The average Bonchev–Trinajstić information content (AvgIpc) is 3.11. The Morgan fingerprint density at radius 3 is 2.57 bits per heavy atom. The van der Waals surface area contributed by atoms with Crippen LogP contribution in [0.1, 0.15) is 9.88 Å². The molecule has 0 saturated carbocycles. The Kier molecular flexibility index (Phi) is 4.93. The summed E-state index contributed by atoms with van der Waals surface area (Å²) in [5, 5.41) is 7.81. The van der Waals surface area contributed by atoms with Gasteiger partial charge in [0.25, 0.3) is 0 Å². The van der Waals surface area contributed by atoms with Crippen LogP contribution in [0.5, 0.6) is 0 Å². The second kappa shape index (κ2) is 6.90. The lowest BCUT2D eigenvalue weighted by molar-refractivity contribution is 0.697. The Labute approximate surface area is 141 Å². The zero-order valence-electron chi connectivity index (χ0n) is 11.0. The van der Waals surface area contributed by atoms with E-state index in [-0.39, 0.29) is 0 Å². The van der Waals surface area contributed by atoms with E-state index in [2.05, 4.69) is 27.8 Å². The van der Waals surface area contributed by atoms with Crippen molar-refractivity contribution in [3.05, 3.63) is 61.8 Å². The number of halogens is 2. The van der Waals surface area contributed by atoms with Gasteiger partial charge < -0.3 is 5.32 Å². The van der Waals surface area contributed by atoms with E-state index in [1.54, 1.807) is 22.7 Å². The molecule has 0 aliphatic carbocycles. The fraction of sp³-hybridized carbons (Fsp3) is 0.133. The lowest BCUT2D eigenvalue weighted by Crippen LogP contribution is -2.11. The highest BCUT2D eigenvalue weighted by molar-refractivity contribution is 7.15. The zero-order chi connectivity index (χ0) is 14.7. The Bertz CT molecular complexity index is 703. The molecule has 0 bridgehead atoms. The highest BCUT2D eigenvalue weighted by atomic mass is 35.5. The molecule has 3 rings (SSSR count). The molecule has 3 aromatic rings. The van der Waals surface area contributed by atoms with Gasteiger partial charge in [-0.15, -0.1) is 22.7 Å². The molecule has 0 fully saturated rings. The van der Waals surface area contributed by atoms with Gasteiger partial charge in [0, 0.05) is 29.7 Å². The summed E-state index contributed by atoms with van der Waals surface area (Å²) in [5.41, 5.74) is 0.864. The smallest absolute Gasteiger partial charge is 0.107 e. The topological polar surface area (TPSA) is 24.9 Å². The molecular formula is C15H12Cl2N2S2. The van der Waals surface area contributed by atoms with Crippen LogP contribution in [0.3, 0.4) is 0 Å². The Balaban J connectivity index is 1.69. The van der Waals surface area contributed by atoms with Crippen molar-refractivity contribution in [1.82, 2.24) is 10.3 Å². The molecule has 2 heterocycles. The molecule has 108 valence electrons. The summed E-state index contributed by atoms with van der Waals surface area (Å²) in [5.74, 6) is 0. The maximum atomic E-state index is 6.23. The summed E-state index contributed by atoms with van der Waals surface area (Å²) in [7, 11) is 0. The van der Waals surface area contributed by atoms with Gasteiger partial charge in [0.15, 0.2) is 0 Å². The first-order valence-corrected chi connectivity index (χ1v) is 8.81. The fourth-order valence-corrected chi connectivity index (χ4v) is 4.30. The molecule has 0 amide bonds. The van der Waals surface area contributed by atoms with Crippen LogP contribution < -0.4 is 5.32 Å². The van der Waals surface area contributed by atoms with Crippen LogP contribution in [0.4, 0.5) is 0 Å². The Morgan fingerprint density at radius 1 is 1.05 bits per heavy atom. The predicted molar refractivity (Wildman–Crippen MR) is 92.4 cm³/mol. The molecule has 6 heteroatoms. The number of hydrogen-bond acceptors (Lipinski definition) is 4. The molecule has 0 saturated heterocycles. The molecule has 1 aromatic carbocycles. The molecule has 2 nitrogen and oxygen atoms in total. The summed E-state index contributed by atoms with van der Waals surface area (Å²) >= 11 is 15.8. The van der Waals surface area contributed by atoms with Crippen molar-refractivity contribution < 1.29 is 0 Å². The van der Waals surface area contributed by atoms with E-state index in [1.165, 1.54) is 4.88 Å². The van der Waals surface area contributed by atoms with Crippen molar-refractivity contribution in [2.24, 2.45) is 0 Å². The first-order valence-electron chi connectivity index (χ1n) is 6.36. The van der Waals surface area contributed by atoms with Crippen molar-refractivity contribution in [2.75, 3.05) is 0 Å². The van der Waals surface area contributed by atoms with Crippen LogP contribution in [0.2, 0.25) is 10.0 Å². The predicted octanol–water partition coefficient (Wildman–Crippen LogP) is 5.47. The highest BCUT2D eigenvalue weighted by Gasteiger charge is 2.11. The van der Waals surface area contributed by atoms with Gasteiger partial charge in [0.1, 0.15) is 5.01 Å². The normalized spacial score (nSPS) is 11.0. The number of hydrogen-bond donors (Lipinski definition) is 1. The quantitative estimate of drug-likeness (QED) is 0.657. The van der Waals surface area contributed by atoms with Crippen molar-refractivity contribution >= 4 is 45.9 Å². The van der Waals surface area contributed by atoms with Gasteiger partial charge in [-0.05, 0) is 23.6 Å². The summed E-state index contributed by atoms with van der Waals surface area (Å²) in [6.45, 7) is 1.60. The summed E-state index contributed by atoms with van der Waals surface area (Å²) < 4.78 is 0. The van der Waals surface area contributed by atoms with E-state index >= 15 is 0 Å². The van der Waals surface area contributed by atoms with Gasteiger partial charge in [-0.1, -0.05) is 35.3 Å². The lowest BCUT2D eigenvalue weighted by Gasteiger charge is -2.03. The number of benzene rings is 1. The third-order valence-electron chi connectivity index (χ3n) is 2.92. The molecule has 2 aromatic heterocycles. The maximum absolute atomic E-state index is 6.23. The van der Waals surface area contributed by atoms with E-state index in [4.69, 9.17) is 23.2 Å².